The maximum Gasteiger partial charge on any atom is 0.115 e. The van der Waals surface area contributed by atoms with Crippen LogP contribution in [-0.4, -0.2) is 20.8 Å². The Hall–Kier alpha value is -1.20. The molecule has 4 nitrogen and oxygen atoms in total. The van der Waals surface area contributed by atoms with Crippen molar-refractivity contribution < 1.29 is 0 Å². The number of rotatable bonds is 4. The van der Waals surface area contributed by atoms with E-state index in [1.807, 2.05) is 17.9 Å². The van der Waals surface area contributed by atoms with E-state index in [4.69, 9.17) is 4.98 Å². The highest BCUT2D eigenvalue weighted by molar-refractivity contribution is 7.09. The first kappa shape index (κ1) is 16.2. The van der Waals surface area contributed by atoms with E-state index in [9.17, 15) is 0 Å². The topological polar surface area (TPSA) is 42.7 Å². The summed E-state index contributed by atoms with van der Waals surface area (Å²) in [5.41, 5.74) is 3.63. The first-order chi connectivity index (χ1) is 9.70. The van der Waals surface area contributed by atoms with E-state index in [0.29, 0.717) is 6.04 Å². The van der Waals surface area contributed by atoms with Gasteiger partial charge in [0.15, 0.2) is 0 Å². The van der Waals surface area contributed by atoms with Gasteiger partial charge in [-0.05, 0) is 20.8 Å². The van der Waals surface area contributed by atoms with E-state index < -0.39 is 0 Å². The molecule has 0 saturated carbocycles. The molecule has 0 radical (unpaired) electrons. The van der Waals surface area contributed by atoms with Gasteiger partial charge in [0.05, 0.1) is 17.9 Å². The van der Waals surface area contributed by atoms with Gasteiger partial charge in [0, 0.05) is 35.1 Å². The van der Waals surface area contributed by atoms with Gasteiger partial charge in [-0.15, -0.1) is 11.3 Å². The van der Waals surface area contributed by atoms with Crippen molar-refractivity contribution in [3.8, 4) is 0 Å². The lowest BCUT2D eigenvalue weighted by atomic mass is 9.93. The molecule has 0 aliphatic rings. The van der Waals surface area contributed by atoms with Crippen LogP contribution >= 0.6 is 11.3 Å². The molecule has 0 aromatic carbocycles. The molecule has 0 amide bonds. The number of nitrogens with one attached hydrogen (secondary N) is 1. The molecule has 5 heteroatoms. The van der Waals surface area contributed by atoms with Crippen molar-refractivity contribution in [2.24, 2.45) is 7.05 Å². The number of nitrogens with zero attached hydrogens (tertiary/aromatic N) is 3. The van der Waals surface area contributed by atoms with Crippen LogP contribution < -0.4 is 5.32 Å². The molecule has 1 N–H and O–H groups in total. The van der Waals surface area contributed by atoms with E-state index in [0.717, 1.165) is 10.7 Å². The Morgan fingerprint density at radius 3 is 2.38 bits per heavy atom. The van der Waals surface area contributed by atoms with Gasteiger partial charge in [-0.25, -0.2) is 4.98 Å². The summed E-state index contributed by atoms with van der Waals surface area (Å²) in [6.07, 6.45) is 1.95. The molecule has 2 heterocycles. The molecule has 1 atom stereocenters. The minimum atomic E-state index is 0.0844. The lowest BCUT2D eigenvalue weighted by molar-refractivity contribution is 0.517. The van der Waals surface area contributed by atoms with Gasteiger partial charge in [0.1, 0.15) is 5.01 Å². The number of thiazole rings is 1. The van der Waals surface area contributed by atoms with Gasteiger partial charge in [-0.1, -0.05) is 20.8 Å². The normalized spacial score (nSPS) is 13.9. The number of aromatic nitrogens is 3. The van der Waals surface area contributed by atoms with Crippen molar-refractivity contribution in [1.29, 1.82) is 0 Å². The van der Waals surface area contributed by atoms with Crippen LogP contribution in [0.2, 0.25) is 0 Å². The predicted molar refractivity (Wildman–Crippen MR) is 88.9 cm³/mol. The average Bonchev–Trinajstić information content (AvgIpc) is 2.95. The smallest absolute Gasteiger partial charge is 0.115 e. The van der Waals surface area contributed by atoms with Gasteiger partial charge >= 0.3 is 0 Å². The molecule has 2 aromatic heterocycles. The molecule has 0 fully saturated rings. The van der Waals surface area contributed by atoms with Gasteiger partial charge in [0.2, 0.25) is 0 Å². The molecular formula is C16H26N4S. The minimum absolute atomic E-state index is 0.0844. The number of aryl methyl sites for hydroxylation is 1. The molecule has 0 aliphatic carbocycles. The first-order valence-electron chi connectivity index (χ1n) is 7.40. The van der Waals surface area contributed by atoms with Crippen molar-refractivity contribution in [2.45, 2.75) is 59.0 Å². The summed E-state index contributed by atoms with van der Waals surface area (Å²) in [5.74, 6) is 0. The second kappa shape index (κ2) is 5.89. The second-order valence-corrected chi connectivity index (χ2v) is 7.77. The summed E-state index contributed by atoms with van der Waals surface area (Å²) < 4.78 is 1.92. The minimum Gasteiger partial charge on any atom is -0.302 e. The van der Waals surface area contributed by atoms with Crippen molar-refractivity contribution >= 4 is 11.3 Å². The number of hydrogen-bond donors (Lipinski definition) is 1. The third kappa shape index (κ3) is 3.52. The molecule has 0 saturated heterocycles. The van der Waals surface area contributed by atoms with Crippen LogP contribution in [0.25, 0.3) is 0 Å². The Balaban J connectivity index is 2.41. The summed E-state index contributed by atoms with van der Waals surface area (Å²) in [6.45, 7) is 13.0. The molecule has 0 spiro atoms. The molecule has 2 rings (SSSR count). The highest BCUT2D eigenvalue weighted by atomic mass is 32.1. The Kier molecular flexibility index (Phi) is 4.54. The van der Waals surface area contributed by atoms with Crippen LogP contribution in [0, 0.1) is 6.92 Å². The number of hydrogen-bond acceptors (Lipinski definition) is 4. The highest BCUT2D eigenvalue weighted by Gasteiger charge is 2.25. The fourth-order valence-electron chi connectivity index (χ4n) is 2.19. The van der Waals surface area contributed by atoms with Crippen LogP contribution in [0.4, 0.5) is 0 Å². The maximum absolute atomic E-state index is 4.88. The molecule has 2 aromatic rings. The Labute approximate surface area is 131 Å². The summed E-state index contributed by atoms with van der Waals surface area (Å²) >= 11 is 1.73. The summed E-state index contributed by atoms with van der Waals surface area (Å²) in [7, 11) is 1.98. The quantitative estimate of drug-likeness (QED) is 0.939. The third-order valence-corrected chi connectivity index (χ3v) is 4.53. The lowest BCUT2D eigenvalue weighted by Crippen LogP contribution is -2.29. The van der Waals surface area contributed by atoms with E-state index in [1.165, 1.54) is 11.3 Å². The first-order valence-corrected chi connectivity index (χ1v) is 8.28. The van der Waals surface area contributed by atoms with E-state index >= 15 is 0 Å². The SMILES string of the molecule is Cc1c(C(NC(C)C)c2nc(C(C)(C)C)cs2)cnn1C. The fraction of sp³-hybridized carbons (Fsp3) is 0.625. The summed E-state index contributed by atoms with van der Waals surface area (Å²) in [5, 5.41) is 11.3. The van der Waals surface area contributed by atoms with Gasteiger partial charge < -0.3 is 5.32 Å². The van der Waals surface area contributed by atoms with Crippen LogP contribution in [-0.2, 0) is 12.5 Å². The van der Waals surface area contributed by atoms with Gasteiger partial charge in [0.25, 0.3) is 0 Å². The molecular weight excluding hydrogens is 280 g/mol. The van der Waals surface area contributed by atoms with Crippen LogP contribution in [0.5, 0.6) is 0 Å². The van der Waals surface area contributed by atoms with Crippen LogP contribution in [0.1, 0.15) is 62.6 Å². The van der Waals surface area contributed by atoms with Crippen molar-refractivity contribution in [2.75, 3.05) is 0 Å². The van der Waals surface area contributed by atoms with Crippen molar-refractivity contribution in [3.05, 3.63) is 33.5 Å². The molecule has 1 unspecified atom stereocenters. The average molecular weight is 306 g/mol. The van der Waals surface area contributed by atoms with Crippen LogP contribution in [0.3, 0.4) is 0 Å². The van der Waals surface area contributed by atoms with Gasteiger partial charge in [-0.2, -0.15) is 5.10 Å². The monoisotopic (exact) mass is 306 g/mol. The standard InChI is InChI=1S/C16H26N4S/c1-10(2)18-14(12-8-17-20(7)11(12)3)15-19-13(9-21-15)16(4,5)6/h8-10,14,18H,1-7H3. The van der Waals surface area contributed by atoms with E-state index in [1.54, 1.807) is 11.3 Å². The Morgan fingerprint density at radius 1 is 1.29 bits per heavy atom. The van der Waals surface area contributed by atoms with Crippen molar-refractivity contribution in [1.82, 2.24) is 20.1 Å². The zero-order valence-electron chi connectivity index (χ0n) is 14.1. The zero-order chi connectivity index (χ0) is 15.8. The molecule has 116 valence electrons. The molecule has 21 heavy (non-hydrogen) atoms. The zero-order valence-corrected chi connectivity index (χ0v) is 14.9. The largest absolute Gasteiger partial charge is 0.302 e. The molecule has 0 bridgehead atoms. The Morgan fingerprint density at radius 2 is 1.95 bits per heavy atom. The Bertz CT molecular complexity index is 604. The van der Waals surface area contributed by atoms with E-state index in [2.05, 4.69) is 57.3 Å². The third-order valence-electron chi connectivity index (χ3n) is 3.62. The second-order valence-electron chi connectivity index (χ2n) is 6.88. The van der Waals surface area contributed by atoms with Crippen LogP contribution in [0.15, 0.2) is 11.6 Å². The summed E-state index contributed by atoms with van der Waals surface area (Å²) in [6, 6.07) is 0.497. The van der Waals surface area contributed by atoms with Gasteiger partial charge in [-0.3, -0.25) is 4.68 Å². The molecule has 0 aliphatic heterocycles. The van der Waals surface area contributed by atoms with E-state index in [-0.39, 0.29) is 11.5 Å². The highest BCUT2D eigenvalue weighted by Crippen LogP contribution is 2.31. The fourth-order valence-corrected chi connectivity index (χ4v) is 3.31. The predicted octanol–water partition coefficient (Wildman–Crippen LogP) is 3.57. The summed E-state index contributed by atoms with van der Waals surface area (Å²) in [4.78, 5) is 4.88. The maximum atomic E-state index is 4.88. The lowest BCUT2D eigenvalue weighted by Gasteiger charge is -2.20. The van der Waals surface area contributed by atoms with Crippen molar-refractivity contribution in [3.63, 3.8) is 0 Å².